The number of hydrogen-bond donors (Lipinski definition) is 2. The van der Waals surface area contributed by atoms with Gasteiger partial charge in [0.25, 0.3) is 0 Å². The van der Waals surface area contributed by atoms with Crippen molar-refractivity contribution < 1.29 is 19.4 Å². The fourth-order valence-electron chi connectivity index (χ4n) is 1.47. The van der Waals surface area contributed by atoms with Gasteiger partial charge in [0.15, 0.2) is 5.54 Å². The van der Waals surface area contributed by atoms with Crippen molar-refractivity contribution in [2.75, 3.05) is 19.0 Å². The average Bonchev–Trinajstić information content (AvgIpc) is 2.63. The normalized spacial score (nSPS) is 24.6. The van der Waals surface area contributed by atoms with Gasteiger partial charge in [-0.3, -0.25) is 4.79 Å². The minimum absolute atomic E-state index is 0.0140. The van der Waals surface area contributed by atoms with E-state index in [1.165, 1.54) is 11.8 Å². The van der Waals surface area contributed by atoms with Gasteiger partial charge in [0.1, 0.15) is 0 Å². The van der Waals surface area contributed by atoms with E-state index in [4.69, 9.17) is 9.84 Å². The van der Waals surface area contributed by atoms with Crippen LogP contribution in [0, 0.1) is 0 Å². The first-order chi connectivity index (χ1) is 7.75. The molecule has 1 rings (SSSR count). The predicted octanol–water partition coefficient (Wildman–Crippen LogP) is 0.878. The first kappa shape index (κ1) is 14.3. The van der Waals surface area contributed by atoms with Crippen molar-refractivity contribution in [2.45, 2.75) is 37.5 Å². The van der Waals surface area contributed by atoms with Crippen LogP contribution in [0.5, 0.6) is 0 Å². The summed E-state index contributed by atoms with van der Waals surface area (Å²) in [4.78, 5) is 22.9. The molecule has 1 heterocycles. The highest BCUT2D eigenvalue weighted by atomic mass is 32.2. The Labute approximate surface area is 105 Å². The van der Waals surface area contributed by atoms with Crippen LogP contribution in [0.2, 0.25) is 0 Å². The number of amides is 1. The number of carbonyl (C=O) groups excluding carboxylic acids is 1. The third kappa shape index (κ3) is 4.20. The smallest absolute Gasteiger partial charge is 0.331 e. The quantitative estimate of drug-likeness (QED) is 0.785. The van der Waals surface area contributed by atoms with Crippen molar-refractivity contribution in [2.24, 2.45) is 0 Å². The maximum Gasteiger partial charge on any atom is 0.331 e. The summed E-state index contributed by atoms with van der Waals surface area (Å²) in [6.45, 7) is 6.46. The standard InChI is InChI=1S/C11H19NO4S/c1-10(2,3)17-6-8(13)12-11(9(14)15)4-5-16-7-11/h4-7H2,1-3H3,(H,12,13)(H,14,15). The van der Waals surface area contributed by atoms with Crippen LogP contribution in [-0.4, -0.2) is 46.2 Å². The van der Waals surface area contributed by atoms with Crippen LogP contribution in [0.3, 0.4) is 0 Å². The Kier molecular flexibility index (Phi) is 4.43. The molecule has 0 aliphatic carbocycles. The summed E-state index contributed by atoms with van der Waals surface area (Å²) in [7, 11) is 0. The summed E-state index contributed by atoms with van der Waals surface area (Å²) >= 11 is 1.49. The zero-order valence-electron chi connectivity index (χ0n) is 10.4. The molecule has 2 N–H and O–H groups in total. The van der Waals surface area contributed by atoms with Crippen LogP contribution in [0.15, 0.2) is 0 Å². The van der Waals surface area contributed by atoms with Crippen molar-refractivity contribution >= 4 is 23.6 Å². The molecule has 1 amide bonds. The second-order valence-electron chi connectivity index (χ2n) is 5.14. The van der Waals surface area contributed by atoms with Crippen molar-refractivity contribution in [1.82, 2.24) is 5.32 Å². The Hall–Kier alpha value is -0.750. The topological polar surface area (TPSA) is 75.6 Å². The van der Waals surface area contributed by atoms with Crippen molar-refractivity contribution in [1.29, 1.82) is 0 Å². The molecule has 1 fully saturated rings. The summed E-state index contributed by atoms with van der Waals surface area (Å²) in [6.07, 6.45) is 0.328. The Morgan fingerprint density at radius 1 is 1.47 bits per heavy atom. The van der Waals surface area contributed by atoms with E-state index in [1.807, 2.05) is 20.8 Å². The highest BCUT2D eigenvalue weighted by molar-refractivity contribution is 8.01. The number of carbonyl (C=O) groups is 2. The van der Waals surface area contributed by atoms with Gasteiger partial charge in [-0.1, -0.05) is 20.8 Å². The van der Waals surface area contributed by atoms with Crippen LogP contribution < -0.4 is 5.32 Å². The van der Waals surface area contributed by atoms with Gasteiger partial charge in [-0.15, -0.1) is 11.8 Å². The van der Waals surface area contributed by atoms with Gasteiger partial charge in [-0.25, -0.2) is 4.79 Å². The number of ether oxygens (including phenoxy) is 1. The molecular weight excluding hydrogens is 242 g/mol. The molecule has 0 saturated carbocycles. The average molecular weight is 261 g/mol. The molecule has 0 bridgehead atoms. The van der Waals surface area contributed by atoms with Gasteiger partial charge in [-0.2, -0.15) is 0 Å². The lowest BCUT2D eigenvalue weighted by Crippen LogP contribution is -2.55. The highest BCUT2D eigenvalue weighted by Crippen LogP contribution is 2.24. The molecule has 1 aliphatic heterocycles. The minimum atomic E-state index is -1.23. The van der Waals surface area contributed by atoms with Crippen LogP contribution >= 0.6 is 11.8 Å². The number of hydrogen-bond acceptors (Lipinski definition) is 4. The maximum atomic E-state index is 11.7. The van der Waals surface area contributed by atoms with E-state index >= 15 is 0 Å². The molecule has 6 heteroatoms. The third-order valence-electron chi connectivity index (χ3n) is 2.45. The summed E-state index contributed by atoms with van der Waals surface area (Å²) < 4.78 is 5.05. The fraction of sp³-hybridized carbons (Fsp3) is 0.818. The van der Waals surface area contributed by atoms with Gasteiger partial charge in [0.2, 0.25) is 5.91 Å². The number of carboxylic acids is 1. The van der Waals surface area contributed by atoms with E-state index in [-0.39, 0.29) is 23.0 Å². The SMILES string of the molecule is CC(C)(C)SCC(=O)NC1(C(=O)O)CCOC1. The number of thioether (sulfide) groups is 1. The van der Waals surface area contributed by atoms with E-state index in [2.05, 4.69) is 5.32 Å². The molecule has 5 nitrogen and oxygen atoms in total. The summed E-state index contributed by atoms with van der Waals surface area (Å²) in [6, 6.07) is 0. The Balaban J connectivity index is 2.51. The van der Waals surface area contributed by atoms with Crippen molar-refractivity contribution in [3.8, 4) is 0 Å². The lowest BCUT2D eigenvalue weighted by atomic mass is 9.99. The van der Waals surface area contributed by atoms with Crippen molar-refractivity contribution in [3.63, 3.8) is 0 Å². The first-order valence-electron chi connectivity index (χ1n) is 5.51. The largest absolute Gasteiger partial charge is 0.479 e. The molecule has 0 aromatic heterocycles. The van der Waals surface area contributed by atoms with Gasteiger partial charge in [-0.05, 0) is 0 Å². The molecule has 0 aromatic carbocycles. The van der Waals surface area contributed by atoms with E-state index in [1.54, 1.807) is 0 Å². The van der Waals surface area contributed by atoms with Crippen LogP contribution in [-0.2, 0) is 14.3 Å². The molecule has 1 atom stereocenters. The fourth-order valence-corrected chi connectivity index (χ4v) is 2.11. The molecule has 1 saturated heterocycles. The van der Waals surface area contributed by atoms with E-state index < -0.39 is 11.5 Å². The molecule has 0 spiro atoms. The Morgan fingerprint density at radius 3 is 2.53 bits per heavy atom. The second-order valence-corrected chi connectivity index (χ2v) is 6.94. The molecule has 17 heavy (non-hydrogen) atoms. The molecule has 1 aliphatic rings. The third-order valence-corrected chi connectivity index (χ3v) is 3.72. The monoisotopic (exact) mass is 261 g/mol. The molecule has 0 aromatic rings. The lowest BCUT2D eigenvalue weighted by Gasteiger charge is -2.24. The number of aliphatic carboxylic acids is 1. The van der Waals surface area contributed by atoms with Gasteiger partial charge < -0.3 is 15.2 Å². The van der Waals surface area contributed by atoms with Gasteiger partial charge in [0.05, 0.1) is 12.4 Å². The molecule has 0 radical (unpaired) electrons. The molecule has 1 unspecified atom stereocenters. The minimum Gasteiger partial charge on any atom is -0.479 e. The lowest BCUT2D eigenvalue weighted by molar-refractivity contribution is -0.147. The summed E-state index contributed by atoms with van der Waals surface area (Å²) in [5, 5.41) is 11.7. The van der Waals surface area contributed by atoms with Crippen LogP contribution in [0.25, 0.3) is 0 Å². The van der Waals surface area contributed by atoms with Crippen molar-refractivity contribution in [3.05, 3.63) is 0 Å². The second kappa shape index (κ2) is 5.27. The van der Waals surface area contributed by atoms with Gasteiger partial charge in [0, 0.05) is 17.8 Å². The predicted molar refractivity (Wildman–Crippen MR) is 66.2 cm³/mol. The maximum absolute atomic E-state index is 11.7. The van der Waals surface area contributed by atoms with Crippen LogP contribution in [0.4, 0.5) is 0 Å². The molecule has 98 valence electrons. The number of nitrogens with one attached hydrogen (secondary N) is 1. The Bertz CT molecular complexity index is 305. The summed E-state index contributed by atoms with van der Waals surface area (Å²) in [5.74, 6) is -1.01. The zero-order valence-corrected chi connectivity index (χ0v) is 11.2. The van der Waals surface area contributed by atoms with Crippen LogP contribution in [0.1, 0.15) is 27.2 Å². The number of carboxylic acid groups (broad SMARTS) is 1. The number of rotatable bonds is 4. The molecular formula is C11H19NO4S. The Morgan fingerprint density at radius 2 is 2.12 bits per heavy atom. The first-order valence-corrected chi connectivity index (χ1v) is 6.50. The van der Waals surface area contributed by atoms with E-state index in [9.17, 15) is 9.59 Å². The summed E-state index contributed by atoms with van der Waals surface area (Å²) in [5.41, 5.74) is -1.23. The highest BCUT2D eigenvalue weighted by Gasteiger charge is 2.43. The zero-order chi connectivity index (χ0) is 13.1. The van der Waals surface area contributed by atoms with E-state index in [0.29, 0.717) is 13.0 Å². The van der Waals surface area contributed by atoms with E-state index in [0.717, 1.165) is 0 Å². The van der Waals surface area contributed by atoms with Gasteiger partial charge >= 0.3 is 5.97 Å².